The fraction of sp³-hybridized carbons (Fsp3) is 0.273. The molecule has 0 aliphatic carbocycles. The Morgan fingerprint density at radius 3 is 3.00 bits per heavy atom. The molecule has 90 valence electrons. The van der Waals surface area contributed by atoms with Crippen LogP contribution in [0, 0.1) is 0 Å². The molecule has 0 bridgehead atoms. The van der Waals surface area contributed by atoms with Gasteiger partial charge in [-0.3, -0.25) is 0 Å². The second kappa shape index (κ2) is 6.02. The van der Waals surface area contributed by atoms with Crippen molar-refractivity contribution in [2.75, 3.05) is 6.61 Å². The van der Waals surface area contributed by atoms with Crippen molar-refractivity contribution in [2.24, 2.45) is 0 Å². The average molecular weight is 317 g/mol. The number of benzene rings is 1. The van der Waals surface area contributed by atoms with Crippen molar-refractivity contribution in [3.8, 4) is 5.75 Å². The van der Waals surface area contributed by atoms with Gasteiger partial charge in [-0.2, -0.15) is 0 Å². The van der Waals surface area contributed by atoms with Crippen molar-refractivity contribution in [2.45, 2.75) is 11.9 Å². The van der Waals surface area contributed by atoms with Crippen LogP contribution in [0.3, 0.4) is 0 Å². The molecule has 0 radical (unpaired) electrons. The van der Waals surface area contributed by atoms with Crippen molar-refractivity contribution in [1.82, 2.24) is 15.0 Å². The molecule has 0 saturated heterocycles. The minimum absolute atomic E-state index is 0.533. The van der Waals surface area contributed by atoms with Crippen LogP contribution in [0.25, 0.3) is 0 Å². The molecule has 17 heavy (non-hydrogen) atoms. The van der Waals surface area contributed by atoms with E-state index in [-0.39, 0.29) is 0 Å². The highest BCUT2D eigenvalue weighted by Crippen LogP contribution is 2.16. The molecule has 6 heteroatoms. The zero-order chi connectivity index (χ0) is 12.1. The van der Waals surface area contributed by atoms with E-state index in [1.54, 1.807) is 10.7 Å². The first-order chi connectivity index (χ1) is 8.28. The Morgan fingerprint density at radius 2 is 2.29 bits per heavy atom. The normalized spacial score (nSPS) is 10.5. The van der Waals surface area contributed by atoms with Crippen LogP contribution in [0.1, 0.15) is 5.69 Å². The van der Waals surface area contributed by atoms with Gasteiger partial charge < -0.3 is 4.74 Å². The van der Waals surface area contributed by atoms with Gasteiger partial charge in [-0.05, 0) is 18.2 Å². The number of alkyl halides is 1. The van der Waals surface area contributed by atoms with Crippen molar-refractivity contribution < 1.29 is 4.74 Å². The molecule has 1 aromatic carbocycles. The van der Waals surface area contributed by atoms with Gasteiger partial charge in [0.1, 0.15) is 12.4 Å². The minimum Gasteiger partial charge on any atom is -0.492 e. The van der Waals surface area contributed by atoms with E-state index in [0.29, 0.717) is 23.5 Å². The SMILES string of the molecule is Clc1cccc(OCCn2cc(CBr)nn2)c1. The summed E-state index contributed by atoms with van der Waals surface area (Å²) in [5.41, 5.74) is 0.910. The van der Waals surface area contributed by atoms with Crippen LogP contribution in [0.15, 0.2) is 30.5 Å². The highest BCUT2D eigenvalue weighted by molar-refractivity contribution is 9.08. The summed E-state index contributed by atoms with van der Waals surface area (Å²) in [6.07, 6.45) is 1.89. The van der Waals surface area contributed by atoms with Crippen LogP contribution in [0.4, 0.5) is 0 Å². The maximum Gasteiger partial charge on any atom is 0.120 e. The molecule has 0 spiro atoms. The van der Waals surface area contributed by atoms with Gasteiger partial charge in [0.05, 0.1) is 12.2 Å². The quantitative estimate of drug-likeness (QED) is 0.796. The first-order valence-electron chi connectivity index (χ1n) is 5.11. The molecule has 0 amide bonds. The largest absolute Gasteiger partial charge is 0.492 e. The summed E-state index contributed by atoms with van der Waals surface area (Å²) in [6.45, 7) is 1.19. The lowest BCUT2D eigenvalue weighted by Crippen LogP contribution is -2.08. The van der Waals surface area contributed by atoms with Gasteiger partial charge in [-0.15, -0.1) is 5.10 Å². The third-order valence-electron chi connectivity index (χ3n) is 2.11. The van der Waals surface area contributed by atoms with Gasteiger partial charge in [0.15, 0.2) is 0 Å². The van der Waals surface area contributed by atoms with Gasteiger partial charge in [-0.25, -0.2) is 4.68 Å². The van der Waals surface area contributed by atoms with Crippen molar-refractivity contribution in [3.05, 3.63) is 41.2 Å². The predicted molar refractivity (Wildman–Crippen MR) is 69.6 cm³/mol. The number of nitrogens with zero attached hydrogens (tertiary/aromatic N) is 3. The topological polar surface area (TPSA) is 39.9 Å². The summed E-state index contributed by atoms with van der Waals surface area (Å²) in [6, 6.07) is 7.33. The second-order valence-electron chi connectivity index (χ2n) is 3.41. The summed E-state index contributed by atoms with van der Waals surface area (Å²) < 4.78 is 7.30. The summed E-state index contributed by atoms with van der Waals surface area (Å²) >= 11 is 9.17. The van der Waals surface area contributed by atoms with E-state index in [2.05, 4.69) is 26.2 Å². The van der Waals surface area contributed by atoms with Crippen LogP contribution >= 0.6 is 27.5 Å². The second-order valence-corrected chi connectivity index (χ2v) is 4.41. The van der Waals surface area contributed by atoms with Crippen molar-refractivity contribution in [1.29, 1.82) is 0 Å². The summed E-state index contributed by atoms with van der Waals surface area (Å²) in [5.74, 6) is 0.762. The molecule has 0 aliphatic rings. The Kier molecular flexibility index (Phi) is 4.39. The van der Waals surface area contributed by atoms with Gasteiger partial charge in [0.2, 0.25) is 0 Å². The molecule has 2 rings (SSSR count). The third-order valence-corrected chi connectivity index (χ3v) is 2.92. The number of hydrogen-bond donors (Lipinski definition) is 0. The molecular formula is C11H11BrClN3O. The molecule has 0 saturated carbocycles. The van der Waals surface area contributed by atoms with E-state index in [0.717, 1.165) is 11.4 Å². The number of halogens is 2. The molecular weight excluding hydrogens is 305 g/mol. The number of rotatable bonds is 5. The van der Waals surface area contributed by atoms with E-state index in [9.17, 15) is 0 Å². The molecule has 2 aromatic rings. The Labute approximate surface area is 113 Å². The molecule has 0 fully saturated rings. The average Bonchev–Trinajstić information content (AvgIpc) is 2.77. The zero-order valence-corrected chi connectivity index (χ0v) is 11.4. The smallest absolute Gasteiger partial charge is 0.120 e. The highest BCUT2D eigenvalue weighted by Gasteiger charge is 1.99. The number of ether oxygens (including phenoxy) is 1. The Bertz CT molecular complexity index is 489. The van der Waals surface area contributed by atoms with Gasteiger partial charge >= 0.3 is 0 Å². The molecule has 0 atom stereocenters. The predicted octanol–water partition coefficient (Wildman–Crippen LogP) is 2.91. The maximum absolute atomic E-state index is 5.85. The summed E-state index contributed by atoms with van der Waals surface area (Å²) in [7, 11) is 0. The van der Waals surface area contributed by atoms with E-state index >= 15 is 0 Å². The molecule has 0 unspecified atom stereocenters. The standard InChI is InChI=1S/C11H11BrClN3O/c12-7-10-8-16(15-14-10)4-5-17-11-3-1-2-9(13)6-11/h1-3,6,8H,4-5,7H2. The van der Waals surface area contributed by atoms with Crippen LogP contribution in [-0.4, -0.2) is 21.6 Å². The van der Waals surface area contributed by atoms with Crippen molar-refractivity contribution in [3.63, 3.8) is 0 Å². The third kappa shape index (κ3) is 3.71. The van der Waals surface area contributed by atoms with Crippen molar-refractivity contribution >= 4 is 27.5 Å². The number of hydrogen-bond acceptors (Lipinski definition) is 3. The molecule has 4 nitrogen and oxygen atoms in total. The van der Waals surface area contributed by atoms with E-state index in [1.807, 2.05) is 24.4 Å². The van der Waals surface area contributed by atoms with Gasteiger partial charge in [-0.1, -0.05) is 38.8 Å². The minimum atomic E-state index is 0.533. The van der Waals surface area contributed by atoms with Gasteiger partial charge in [0.25, 0.3) is 0 Å². The fourth-order valence-electron chi connectivity index (χ4n) is 1.32. The van der Waals surface area contributed by atoms with Crippen LogP contribution in [0.5, 0.6) is 5.75 Å². The maximum atomic E-state index is 5.85. The van der Waals surface area contributed by atoms with Crippen LogP contribution < -0.4 is 4.74 Å². The molecule has 0 N–H and O–H groups in total. The summed E-state index contributed by atoms with van der Waals surface area (Å²) in [5, 5.41) is 9.31. The van der Waals surface area contributed by atoms with E-state index < -0.39 is 0 Å². The van der Waals surface area contributed by atoms with E-state index in [4.69, 9.17) is 16.3 Å². The molecule has 1 heterocycles. The fourth-order valence-corrected chi connectivity index (χ4v) is 1.76. The lowest BCUT2D eigenvalue weighted by Gasteiger charge is -2.05. The Balaban J connectivity index is 1.83. The summed E-state index contributed by atoms with van der Waals surface area (Å²) in [4.78, 5) is 0. The molecule has 0 aliphatic heterocycles. The Hall–Kier alpha value is -1.07. The van der Waals surface area contributed by atoms with Crippen LogP contribution in [-0.2, 0) is 11.9 Å². The lowest BCUT2D eigenvalue weighted by atomic mass is 10.3. The first-order valence-corrected chi connectivity index (χ1v) is 6.61. The molecule has 1 aromatic heterocycles. The zero-order valence-electron chi connectivity index (χ0n) is 9.01. The van der Waals surface area contributed by atoms with E-state index in [1.165, 1.54) is 0 Å². The number of aromatic nitrogens is 3. The first kappa shape index (κ1) is 12.4. The highest BCUT2D eigenvalue weighted by atomic mass is 79.9. The Morgan fingerprint density at radius 1 is 1.41 bits per heavy atom. The lowest BCUT2D eigenvalue weighted by molar-refractivity contribution is 0.289. The monoisotopic (exact) mass is 315 g/mol. The van der Waals surface area contributed by atoms with Crippen LogP contribution in [0.2, 0.25) is 5.02 Å². The van der Waals surface area contributed by atoms with Gasteiger partial charge in [0, 0.05) is 16.5 Å².